The molecule has 0 unspecified atom stereocenters. The average Bonchev–Trinajstić information content (AvgIpc) is 3.29. The minimum absolute atomic E-state index is 0.158. The zero-order valence-corrected chi connectivity index (χ0v) is 22.1. The fourth-order valence-electron chi connectivity index (χ4n) is 3.51. The summed E-state index contributed by atoms with van der Waals surface area (Å²) in [6.07, 6.45) is 4.00. The van der Waals surface area contributed by atoms with Crippen LogP contribution in [0.5, 0.6) is 5.75 Å². The molecule has 1 fully saturated rings. The normalized spacial score (nSPS) is 14.6. The van der Waals surface area contributed by atoms with E-state index in [1.807, 2.05) is 6.07 Å². The summed E-state index contributed by atoms with van der Waals surface area (Å²) >= 11 is 8.72. The Morgan fingerprint density at radius 1 is 1.23 bits per heavy atom. The highest BCUT2D eigenvalue weighted by molar-refractivity contribution is 9.11. The van der Waals surface area contributed by atoms with Gasteiger partial charge in [-0.1, -0.05) is 0 Å². The Labute approximate surface area is 203 Å². The summed E-state index contributed by atoms with van der Waals surface area (Å²) in [5.41, 5.74) is -0.164. The van der Waals surface area contributed by atoms with Crippen molar-refractivity contribution in [3.8, 4) is 5.75 Å². The van der Waals surface area contributed by atoms with E-state index in [2.05, 4.69) is 37.2 Å². The maximum absolute atomic E-state index is 12.9. The number of thiophene rings is 1. The molecule has 0 radical (unpaired) electrons. The van der Waals surface area contributed by atoms with E-state index >= 15 is 0 Å². The fraction of sp³-hybridized carbons (Fsp3) is 0.545. The largest absolute Gasteiger partial charge is 0.488 e. The molecule has 6 nitrogen and oxygen atoms in total. The van der Waals surface area contributed by atoms with Gasteiger partial charge < -0.3 is 19.5 Å². The first-order chi connectivity index (χ1) is 14.6. The summed E-state index contributed by atoms with van der Waals surface area (Å²) in [6, 6.07) is 1.95. The van der Waals surface area contributed by atoms with E-state index in [1.165, 1.54) is 11.3 Å². The lowest BCUT2D eigenvalue weighted by Gasteiger charge is -2.19. The smallest absolute Gasteiger partial charge is 0.407 e. The lowest BCUT2D eigenvalue weighted by Crippen LogP contribution is -2.32. The highest BCUT2D eigenvalue weighted by Gasteiger charge is 2.27. The number of hydrogen-bond acceptors (Lipinski definition) is 6. The number of benzene rings is 1. The summed E-state index contributed by atoms with van der Waals surface area (Å²) in [6.45, 7) is 7.59. The Bertz CT molecular complexity index is 977. The molecule has 31 heavy (non-hydrogen) atoms. The van der Waals surface area contributed by atoms with E-state index in [-0.39, 0.29) is 19.3 Å². The number of nitrogens with one attached hydrogen (secondary N) is 1. The Hall–Kier alpha value is -1.32. The van der Waals surface area contributed by atoms with Crippen LogP contribution in [0.1, 0.15) is 68.6 Å². The Morgan fingerprint density at radius 3 is 2.52 bits per heavy atom. The third kappa shape index (κ3) is 5.93. The molecule has 0 atom stereocenters. The molecular weight excluding hydrogens is 550 g/mol. The van der Waals surface area contributed by atoms with E-state index in [0.29, 0.717) is 20.7 Å². The summed E-state index contributed by atoms with van der Waals surface area (Å²) in [5.74, 6) is 0.263. The number of carbonyl (C=O) groups is 2. The van der Waals surface area contributed by atoms with Crippen molar-refractivity contribution in [2.45, 2.75) is 71.6 Å². The lowest BCUT2D eigenvalue weighted by atomic mass is 10.1. The molecule has 2 aromatic rings. The molecule has 1 aromatic carbocycles. The number of carbonyl (C=O) groups excluding carboxylic acids is 2. The van der Waals surface area contributed by atoms with Crippen LogP contribution in [0.25, 0.3) is 10.1 Å². The summed E-state index contributed by atoms with van der Waals surface area (Å²) < 4.78 is 19.3. The lowest BCUT2D eigenvalue weighted by molar-refractivity contribution is 0.0505. The van der Waals surface area contributed by atoms with Crippen molar-refractivity contribution in [2.24, 2.45) is 0 Å². The first-order valence-corrected chi connectivity index (χ1v) is 12.7. The van der Waals surface area contributed by atoms with Crippen LogP contribution in [0.2, 0.25) is 0 Å². The zero-order chi connectivity index (χ0) is 22.8. The molecule has 1 aromatic heterocycles. The average molecular weight is 577 g/mol. The van der Waals surface area contributed by atoms with Crippen LogP contribution in [0, 0.1) is 0 Å². The molecule has 0 aliphatic heterocycles. The molecule has 1 amide bonds. The van der Waals surface area contributed by atoms with E-state index in [9.17, 15) is 9.59 Å². The number of halogens is 2. The van der Waals surface area contributed by atoms with Crippen LogP contribution in [0.3, 0.4) is 0 Å². The fourth-order valence-corrected chi connectivity index (χ4v) is 6.48. The third-order valence-corrected chi connectivity index (χ3v) is 7.24. The number of ether oxygens (including phenoxy) is 3. The van der Waals surface area contributed by atoms with Gasteiger partial charge in [0, 0.05) is 15.0 Å². The standard InChI is InChI=1S/C22H27Br2NO5S/c1-5-28-20(26)17-15(11-25-21(27)30-22(2,3)4)31-14-10-13(23)19(18(24)16(14)17)29-12-8-6-7-9-12/h10,12H,5-9,11H2,1-4H3,(H,25,27). The van der Waals surface area contributed by atoms with Crippen LogP contribution in [0.4, 0.5) is 4.79 Å². The Balaban J connectivity index is 1.99. The molecule has 1 aliphatic carbocycles. The van der Waals surface area contributed by atoms with Gasteiger partial charge in [0.05, 0.1) is 33.8 Å². The molecule has 1 N–H and O–H groups in total. The SMILES string of the molecule is CCOC(=O)c1c(CNC(=O)OC(C)(C)C)sc2cc(Br)c(OC3CCCC3)c(Br)c12. The van der Waals surface area contributed by atoms with Crippen LogP contribution in [-0.2, 0) is 16.0 Å². The second-order valence-corrected chi connectivity index (χ2v) is 11.2. The summed E-state index contributed by atoms with van der Waals surface area (Å²) in [7, 11) is 0. The van der Waals surface area contributed by atoms with Gasteiger partial charge in [-0.3, -0.25) is 0 Å². The molecule has 0 bridgehead atoms. The zero-order valence-electron chi connectivity index (χ0n) is 18.1. The summed E-state index contributed by atoms with van der Waals surface area (Å²) in [4.78, 5) is 25.7. The second-order valence-electron chi connectivity index (χ2n) is 8.38. The molecule has 0 saturated heterocycles. The Kier molecular flexibility index (Phi) is 7.91. The molecular formula is C22H27Br2NO5S. The first-order valence-electron chi connectivity index (χ1n) is 10.3. The third-order valence-electron chi connectivity index (χ3n) is 4.76. The highest BCUT2D eigenvalue weighted by atomic mass is 79.9. The van der Waals surface area contributed by atoms with Crippen LogP contribution in [0.15, 0.2) is 15.0 Å². The van der Waals surface area contributed by atoms with Crippen molar-refractivity contribution in [1.82, 2.24) is 5.32 Å². The van der Waals surface area contributed by atoms with E-state index < -0.39 is 17.7 Å². The second kappa shape index (κ2) is 10.1. The number of hydrogen-bond donors (Lipinski definition) is 1. The Morgan fingerprint density at radius 2 is 1.90 bits per heavy atom. The minimum Gasteiger partial charge on any atom is -0.488 e. The van der Waals surface area contributed by atoms with Crippen molar-refractivity contribution in [3.63, 3.8) is 0 Å². The predicted molar refractivity (Wildman–Crippen MR) is 129 cm³/mol. The van der Waals surface area contributed by atoms with Gasteiger partial charge in [-0.05, 0) is 91.3 Å². The van der Waals surface area contributed by atoms with Crippen LogP contribution < -0.4 is 10.1 Å². The molecule has 1 saturated carbocycles. The monoisotopic (exact) mass is 575 g/mol. The van der Waals surface area contributed by atoms with Crippen molar-refractivity contribution in [2.75, 3.05) is 6.61 Å². The quantitative estimate of drug-likeness (QED) is 0.377. The first kappa shape index (κ1) is 24.3. The molecule has 9 heteroatoms. The van der Waals surface area contributed by atoms with Gasteiger partial charge in [-0.25, -0.2) is 9.59 Å². The number of alkyl carbamates (subject to hydrolysis) is 1. The van der Waals surface area contributed by atoms with E-state index in [1.54, 1.807) is 27.7 Å². The number of rotatable bonds is 6. The van der Waals surface area contributed by atoms with Crippen molar-refractivity contribution >= 4 is 65.3 Å². The maximum atomic E-state index is 12.9. The van der Waals surface area contributed by atoms with Gasteiger partial charge in [0.25, 0.3) is 0 Å². The summed E-state index contributed by atoms with van der Waals surface area (Å²) in [5, 5.41) is 3.48. The van der Waals surface area contributed by atoms with Crippen molar-refractivity contribution in [1.29, 1.82) is 0 Å². The predicted octanol–water partition coefficient (Wildman–Crippen LogP) is 6.95. The van der Waals surface area contributed by atoms with Gasteiger partial charge in [0.15, 0.2) is 0 Å². The van der Waals surface area contributed by atoms with Crippen molar-refractivity contribution < 1.29 is 23.8 Å². The van der Waals surface area contributed by atoms with E-state index in [4.69, 9.17) is 14.2 Å². The van der Waals surface area contributed by atoms with Gasteiger partial charge in [0.2, 0.25) is 0 Å². The highest BCUT2D eigenvalue weighted by Crippen LogP contribution is 2.46. The molecule has 170 valence electrons. The van der Waals surface area contributed by atoms with Crippen molar-refractivity contribution in [3.05, 3.63) is 25.5 Å². The topological polar surface area (TPSA) is 73.9 Å². The molecule has 3 rings (SSSR count). The van der Waals surface area contributed by atoms with E-state index in [0.717, 1.165) is 40.2 Å². The van der Waals surface area contributed by atoms with Crippen LogP contribution in [-0.4, -0.2) is 30.4 Å². The van der Waals surface area contributed by atoms with Gasteiger partial charge in [-0.15, -0.1) is 11.3 Å². The maximum Gasteiger partial charge on any atom is 0.407 e. The number of fused-ring (bicyclic) bond motifs is 1. The molecule has 1 aliphatic rings. The molecule has 1 heterocycles. The number of amides is 1. The number of esters is 1. The van der Waals surface area contributed by atoms with Gasteiger partial charge >= 0.3 is 12.1 Å². The minimum atomic E-state index is -0.603. The molecule has 0 spiro atoms. The van der Waals surface area contributed by atoms with Gasteiger partial charge in [-0.2, -0.15) is 0 Å². The van der Waals surface area contributed by atoms with Crippen LogP contribution >= 0.6 is 43.2 Å². The van der Waals surface area contributed by atoms with Gasteiger partial charge in [0.1, 0.15) is 11.4 Å².